The van der Waals surface area contributed by atoms with E-state index in [4.69, 9.17) is 16.3 Å². The van der Waals surface area contributed by atoms with E-state index in [9.17, 15) is 5.11 Å². The summed E-state index contributed by atoms with van der Waals surface area (Å²) >= 11 is 5.61. The zero-order valence-electron chi connectivity index (χ0n) is 8.37. The normalized spacial score (nSPS) is 18.7. The molecule has 0 radical (unpaired) electrons. The summed E-state index contributed by atoms with van der Waals surface area (Å²) in [5, 5.41) is 10.1. The van der Waals surface area contributed by atoms with Crippen LogP contribution < -0.4 is 4.74 Å². The Morgan fingerprint density at radius 3 is 3.13 bits per heavy atom. The van der Waals surface area contributed by atoms with Crippen molar-refractivity contribution in [3.05, 3.63) is 40.9 Å². The minimum absolute atomic E-state index is 0.308. The SMILES string of the molecule is C=C(Cl)COc1ccc2c(c1)CCC2O. The van der Waals surface area contributed by atoms with E-state index in [0.29, 0.717) is 11.6 Å². The number of halogens is 1. The van der Waals surface area contributed by atoms with Crippen LogP contribution in [0.15, 0.2) is 29.8 Å². The Morgan fingerprint density at radius 1 is 1.60 bits per heavy atom. The van der Waals surface area contributed by atoms with Gasteiger partial charge in [-0.1, -0.05) is 24.2 Å². The molecular weight excluding hydrogens is 212 g/mol. The van der Waals surface area contributed by atoms with Gasteiger partial charge < -0.3 is 9.84 Å². The maximum Gasteiger partial charge on any atom is 0.123 e. The summed E-state index contributed by atoms with van der Waals surface area (Å²) in [6, 6.07) is 5.73. The van der Waals surface area contributed by atoms with Crippen LogP contribution in [0.25, 0.3) is 0 Å². The molecule has 1 atom stereocenters. The number of aryl methyl sites for hydroxylation is 1. The topological polar surface area (TPSA) is 29.5 Å². The first-order valence-corrected chi connectivity index (χ1v) is 5.31. The third-order valence-electron chi connectivity index (χ3n) is 2.56. The van der Waals surface area contributed by atoms with Crippen LogP contribution in [-0.4, -0.2) is 11.7 Å². The third kappa shape index (κ3) is 2.33. The van der Waals surface area contributed by atoms with Gasteiger partial charge in [0.1, 0.15) is 12.4 Å². The van der Waals surface area contributed by atoms with Gasteiger partial charge in [-0.05, 0) is 36.1 Å². The molecule has 1 N–H and O–H groups in total. The second-order valence-electron chi connectivity index (χ2n) is 3.72. The van der Waals surface area contributed by atoms with Crippen molar-refractivity contribution in [2.24, 2.45) is 0 Å². The van der Waals surface area contributed by atoms with Crippen molar-refractivity contribution >= 4 is 11.6 Å². The molecule has 1 aliphatic rings. The van der Waals surface area contributed by atoms with Crippen molar-refractivity contribution in [1.29, 1.82) is 0 Å². The number of ether oxygens (including phenoxy) is 1. The fourth-order valence-corrected chi connectivity index (χ4v) is 1.88. The third-order valence-corrected chi connectivity index (χ3v) is 2.67. The van der Waals surface area contributed by atoms with Crippen LogP contribution >= 0.6 is 11.6 Å². The predicted molar refractivity (Wildman–Crippen MR) is 60.2 cm³/mol. The Kier molecular flexibility index (Phi) is 2.98. The van der Waals surface area contributed by atoms with E-state index in [2.05, 4.69) is 6.58 Å². The number of benzene rings is 1. The first-order chi connectivity index (χ1) is 7.16. The van der Waals surface area contributed by atoms with Crippen molar-refractivity contribution in [3.8, 4) is 5.75 Å². The van der Waals surface area contributed by atoms with E-state index >= 15 is 0 Å². The summed E-state index contributed by atoms with van der Waals surface area (Å²) in [7, 11) is 0. The molecule has 0 aliphatic heterocycles. The first-order valence-electron chi connectivity index (χ1n) is 4.94. The molecule has 0 spiro atoms. The van der Waals surface area contributed by atoms with Crippen molar-refractivity contribution in [2.45, 2.75) is 18.9 Å². The number of aliphatic hydroxyl groups excluding tert-OH is 1. The average Bonchev–Trinajstić information content (AvgIpc) is 2.57. The Hall–Kier alpha value is -0.990. The second kappa shape index (κ2) is 4.25. The first kappa shape index (κ1) is 10.5. The van der Waals surface area contributed by atoms with Crippen molar-refractivity contribution in [2.75, 3.05) is 6.61 Å². The van der Waals surface area contributed by atoms with Gasteiger partial charge in [0.25, 0.3) is 0 Å². The standard InChI is InChI=1S/C12H13ClO2/c1-8(13)7-15-10-3-4-11-9(6-10)2-5-12(11)14/h3-4,6,12,14H,1-2,5,7H2. The smallest absolute Gasteiger partial charge is 0.123 e. The lowest BCUT2D eigenvalue weighted by molar-refractivity contribution is 0.180. The van der Waals surface area contributed by atoms with Crippen LogP contribution in [0.2, 0.25) is 0 Å². The Bertz CT molecular complexity index is 387. The van der Waals surface area contributed by atoms with E-state index in [1.54, 1.807) is 0 Å². The summed E-state index contributed by atoms with van der Waals surface area (Å²) in [6.45, 7) is 3.88. The molecule has 1 aromatic rings. The van der Waals surface area contributed by atoms with Crippen LogP contribution in [0.5, 0.6) is 5.75 Å². The molecular formula is C12H13ClO2. The number of hydrogen-bond acceptors (Lipinski definition) is 2. The molecule has 0 saturated carbocycles. The van der Waals surface area contributed by atoms with Gasteiger partial charge in [-0.3, -0.25) is 0 Å². The summed E-state index contributed by atoms with van der Waals surface area (Å²) in [4.78, 5) is 0. The van der Waals surface area contributed by atoms with E-state index in [1.807, 2.05) is 18.2 Å². The molecule has 80 valence electrons. The van der Waals surface area contributed by atoms with Crippen LogP contribution in [0.1, 0.15) is 23.7 Å². The van der Waals surface area contributed by atoms with Gasteiger partial charge in [-0.2, -0.15) is 0 Å². The number of fused-ring (bicyclic) bond motifs is 1. The van der Waals surface area contributed by atoms with Gasteiger partial charge >= 0.3 is 0 Å². The van der Waals surface area contributed by atoms with Crippen LogP contribution in [0.4, 0.5) is 0 Å². The molecule has 1 aromatic carbocycles. The van der Waals surface area contributed by atoms with Crippen LogP contribution in [0.3, 0.4) is 0 Å². The molecule has 0 bridgehead atoms. The lowest BCUT2D eigenvalue weighted by atomic mass is 10.1. The number of hydrogen-bond donors (Lipinski definition) is 1. The molecule has 0 amide bonds. The largest absolute Gasteiger partial charge is 0.488 e. The van der Waals surface area contributed by atoms with Gasteiger partial charge in [0.05, 0.1) is 6.10 Å². The highest BCUT2D eigenvalue weighted by molar-refractivity contribution is 6.29. The average molecular weight is 225 g/mol. The fraction of sp³-hybridized carbons (Fsp3) is 0.333. The lowest BCUT2D eigenvalue weighted by Gasteiger charge is -2.08. The van der Waals surface area contributed by atoms with Crippen molar-refractivity contribution in [1.82, 2.24) is 0 Å². The van der Waals surface area contributed by atoms with Gasteiger partial charge in [-0.25, -0.2) is 0 Å². The molecule has 0 aromatic heterocycles. The molecule has 3 heteroatoms. The molecule has 2 nitrogen and oxygen atoms in total. The molecule has 15 heavy (non-hydrogen) atoms. The molecule has 1 aliphatic carbocycles. The highest BCUT2D eigenvalue weighted by Crippen LogP contribution is 2.33. The summed E-state index contributed by atoms with van der Waals surface area (Å²) in [5.41, 5.74) is 2.19. The molecule has 0 fully saturated rings. The summed E-state index contributed by atoms with van der Waals surface area (Å²) < 4.78 is 5.41. The lowest BCUT2D eigenvalue weighted by Crippen LogP contribution is -1.97. The highest BCUT2D eigenvalue weighted by Gasteiger charge is 2.20. The Labute approximate surface area is 94.1 Å². The Balaban J connectivity index is 2.12. The highest BCUT2D eigenvalue weighted by atomic mass is 35.5. The molecule has 2 rings (SSSR count). The van der Waals surface area contributed by atoms with Crippen molar-refractivity contribution in [3.63, 3.8) is 0 Å². The molecule has 0 heterocycles. The maximum atomic E-state index is 9.61. The molecule has 1 unspecified atom stereocenters. The zero-order chi connectivity index (χ0) is 10.8. The summed E-state index contributed by atoms with van der Waals surface area (Å²) in [5.74, 6) is 0.782. The van der Waals surface area contributed by atoms with Gasteiger partial charge in [-0.15, -0.1) is 0 Å². The summed E-state index contributed by atoms with van der Waals surface area (Å²) in [6.07, 6.45) is 1.41. The predicted octanol–water partition coefficient (Wildman–Crippen LogP) is 2.80. The monoisotopic (exact) mass is 224 g/mol. The van der Waals surface area contributed by atoms with E-state index < -0.39 is 0 Å². The number of aliphatic hydroxyl groups is 1. The minimum atomic E-state index is -0.308. The fourth-order valence-electron chi connectivity index (χ4n) is 1.82. The van der Waals surface area contributed by atoms with Gasteiger partial charge in [0.15, 0.2) is 0 Å². The Morgan fingerprint density at radius 2 is 2.40 bits per heavy atom. The van der Waals surface area contributed by atoms with E-state index in [0.717, 1.165) is 24.2 Å². The van der Waals surface area contributed by atoms with E-state index in [1.165, 1.54) is 5.56 Å². The number of rotatable bonds is 3. The van der Waals surface area contributed by atoms with Gasteiger partial charge in [0.2, 0.25) is 0 Å². The maximum absolute atomic E-state index is 9.61. The van der Waals surface area contributed by atoms with Crippen LogP contribution in [0, 0.1) is 0 Å². The van der Waals surface area contributed by atoms with Crippen molar-refractivity contribution < 1.29 is 9.84 Å². The zero-order valence-corrected chi connectivity index (χ0v) is 9.13. The second-order valence-corrected chi connectivity index (χ2v) is 4.26. The minimum Gasteiger partial charge on any atom is -0.488 e. The van der Waals surface area contributed by atoms with E-state index in [-0.39, 0.29) is 6.10 Å². The molecule has 0 saturated heterocycles. The van der Waals surface area contributed by atoms with Gasteiger partial charge in [0, 0.05) is 5.03 Å². The van der Waals surface area contributed by atoms with Crippen LogP contribution in [-0.2, 0) is 6.42 Å². The quantitative estimate of drug-likeness (QED) is 0.856.